The molecule has 1 aliphatic carbocycles. The van der Waals surface area contributed by atoms with Crippen LogP contribution < -0.4 is 14.8 Å². The average Bonchev–Trinajstić information content (AvgIpc) is 3.38. The molecule has 9 heteroatoms. The predicted molar refractivity (Wildman–Crippen MR) is 130 cm³/mol. The summed E-state index contributed by atoms with van der Waals surface area (Å²) in [5.41, 5.74) is 4.57. The Balaban J connectivity index is 1.24. The Bertz CT molecular complexity index is 1240. The number of piperazine rings is 1. The van der Waals surface area contributed by atoms with Gasteiger partial charge in [0.2, 0.25) is 5.91 Å². The molecule has 5 rings (SSSR count). The molecule has 1 atom stereocenters. The summed E-state index contributed by atoms with van der Waals surface area (Å²) in [5, 5.41) is 7.61. The van der Waals surface area contributed by atoms with Crippen LogP contribution in [0.15, 0.2) is 42.6 Å². The monoisotopic (exact) mass is 479 g/mol. The second kappa shape index (κ2) is 9.67. The smallest absolute Gasteiger partial charge is 0.234 e. The molecule has 2 aliphatic rings. The number of hydrogen-bond acceptors (Lipinski definition) is 6. The van der Waals surface area contributed by atoms with Gasteiger partial charge in [0.05, 0.1) is 38.7 Å². The molecular formula is C26H30FN5O3. The Kier molecular flexibility index (Phi) is 6.44. The highest BCUT2D eigenvalue weighted by Gasteiger charge is 2.35. The lowest BCUT2D eigenvalue weighted by Crippen LogP contribution is -2.49. The maximum absolute atomic E-state index is 14.0. The molecule has 1 amide bonds. The normalized spacial score (nSPS) is 17.7. The first-order valence-corrected chi connectivity index (χ1v) is 11.7. The van der Waals surface area contributed by atoms with Crippen molar-refractivity contribution in [2.24, 2.45) is 7.05 Å². The van der Waals surface area contributed by atoms with Crippen LogP contribution in [-0.4, -0.2) is 72.4 Å². The number of methoxy groups -OCH3 is 2. The fourth-order valence-electron chi connectivity index (χ4n) is 5.04. The van der Waals surface area contributed by atoms with Crippen LogP contribution in [0, 0.1) is 5.82 Å². The van der Waals surface area contributed by atoms with Gasteiger partial charge in [-0.2, -0.15) is 5.10 Å². The van der Waals surface area contributed by atoms with Crippen LogP contribution in [0.3, 0.4) is 0 Å². The molecule has 1 aromatic heterocycles. The number of hydrogen-bond donors (Lipinski definition) is 1. The Labute approximate surface area is 204 Å². The number of carbonyl (C=O) groups is 1. The summed E-state index contributed by atoms with van der Waals surface area (Å²) in [4.78, 5) is 17.5. The lowest BCUT2D eigenvalue weighted by Gasteiger charge is -2.34. The van der Waals surface area contributed by atoms with Gasteiger partial charge in [0.25, 0.3) is 0 Å². The number of nitrogens with one attached hydrogen (secondary N) is 1. The molecular weight excluding hydrogens is 449 g/mol. The minimum atomic E-state index is -0.302. The van der Waals surface area contributed by atoms with Gasteiger partial charge in [-0.1, -0.05) is 18.2 Å². The van der Waals surface area contributed by atoms with Crippen molar-refractivity contribution in [3.8, 4) is 22.8 Å². The molecule has 3 aromatic rings. The largest absolute Gasteiger partial charge is 0.493 e. The quantitative estimate of drug-likeness (QED) is 0.562. The Morgan fingerprint density at radius 2 is 1.74 bits per heavy atom. The van der Waals surface area contributed by atoms with Gasteiger partial charge < -0.3 is 14.8 Å². The van der Waals surface area contributed by atoms with E-state index in [1.807, 2.05) is 36.0 Å². The Morgan fingerprint density at radius 3 is 2.46 bits per heavy atom. The van der Waals surface area contributed by atoms with E-state index >= 15 is 0 Å². The third-order valence-corrected chi connectivity index (χ3v) is 6.89. The topological polar surface area (TPSA) is 71.9 Å². The highest BCUT2D eigenvalue weighted by Crippen LogP contribution is 2.47. The Morgan fingerprint density at radius 1 is 1.06 bits per heavy atom. The second-order valence-electron chi connectivity index (χ2n) is 9.01. The van der Waals surface area contributed by atoms with Crippen LogP contribution in [-0.2, 0) is 18.4 Å². The van der Waals surface area contributed by atoms with Crippen LogP contribution in [0.2, 0.25) is 0 Å². The summed E-state index contributed by atoms with van der Waals surface area (Å²) < 4.78 is 26.8. The fraction of sp³-hybridized carbons (Fsp3) is 0.385. The summed E-state index contributed by atoms with van der Waals surface area (Å²) in [7, 11) is 5.11. The molecule has 2 aromatic carbocycles. The summed E-state index contributed by atoms with van der Waals surface area (Å²) in [6.07, 6.45) is 1.81. The van der Waals surface area contributed by atoms with Crippen molar-refractivity contribution >= 4 is 5.91 Å². The van der Waals surface area contributed by atoms with E-state index in [0.29, 0.717) is 30.2 Å². The van der Waals surface area contributed by atoms with Gasteiger partial charge >= 0.3 is 0 Å². The van der Waals surface area contributed by atoms with Crippen molar-refractivity contribution in [3.63, 3.8) is 0 Å². The molecule has 1 aliphatic heterocycles. The maximum atomic E-state index is 14.0. The standard InChI is InChI=1S/C26H30FN5O3/c1-30-26-19-13-23(35-3)22(34-2)12-18(19)25(20(26)14-28-30)29-24(33)16-32-10-8-31(9-11-32)15-17-6-4-5-7-21(17)27/h4-7,12-14,25H,8-11,15-16H2,1-3H3,(H,29,33). The van der Waals surface area contributed by atoms with E-state index in [-0.39, 0.29) is 17.8 Å². The maximum Gasteiger partial charge on any atom is 0.234 e. The molecule has 35 heavy (non-hydrogen) atoms. The van der Waals surface area contributed by atoms with Crippen molar-refractivity contribution < 1.29 is 18.7 Å². The van der Waals surface area contributed by atoms with Gasteiger partial charge in [0.1, 0.15) is 5.82 Å². The number of halogens is 1. The van der Waals surface area contributed by atoms with E-state index in [1.54, 1.807) is 26.5 Å². The average molecular weight is 480 g/mol. The van der Waals surface area contributed by atoms with Crippen LogP contribution in [0.1, 0.15) is 22.7 Å². The Hall–Kier alpha value is -3.43. The third-order valence-electron chi connectivity index (χ3n) is 6.89. The molecule has 0 spiro atoms. The summed E-state index contributed by atoms with van der Waals surface area (Å²) >= 11 is 0. The van der Waals surface area contributed by atoms with Crippen molar-refractivity contribution in [2.75, 3.05) is 46.9 Å². The molecule has 2 heterocycles. The van der Waals surface area contributed by atoms with E-state index in [4.69, 9.17) is 9.47 Å². The minimum absolute atomic E-state index is 0.0463. The number of carbonyl (C=O) groups excluding carboxylic acids is 1. The number of aromatic nitrogens is 2. The summed E-state index contributed by atoms with van der Waals surface area (Å²) in [5.74, 6) is 1.04. The van der Waals surface area contributed by atoms with Gasteiger partial charge in [0.15, 0.2) is 11.5 Å². The van der Waals surface area contributed by atoms with Crippen LogP contribution >= 0.6 is 0 Å². The molecule has 1 saturated heterocycles. The molecule has 0 radical (unpaired) electrons. The first-order valence-electron chi connectivity index (χ1n) is 11.7. The van der Waals surface area contributed by atoms with Crippen molar-refractivity contribution in [3.05, 3.63) is 65.1 Å². The number of benzene rings is 2. The number of fused-ring (bicyclic) bond motifs is 3. The van der Waals surface area contributed by atoms with Gasteiger partial charge in [0, 0.05) is 56.5 Å². The predicted octanol–water partition coefficient (Wildman–Crippen LogP) is 2.58. The summed E-state index contributed by atoms with van der Waals surface area (Å²) in [6, 6.07) is 10.5. The first kappa shape index (κ1) is 23.3. The zero-order chi connectivity index (χ0) is 24.5. The molecule has 1 fully saturated rings. The fourth-order valence-corrected chi connectivity index (χ4v) is 5.04. The number of ether oxygens (including phenoxy) is 2. The third kappa shape index (κ3) is 4.49. The summed E-state index contributed by atoms with van der Waals surface area (Å²) in [6.45, 7) is 3.98. The van der Waals surface area contributed by atoms with Crippen molar-refractivity contribution in [1.29, 1.82) is 0 Å². The van der Waals surface area contributed by atoms with Crippen LogP contribution in [0.25, 0.3) is 11.3 Å². The van der Waals surface area contributed by atoms with Crippen LogP contribution in [0.5, 0.6) is 11.5 Å². The molecule has 8 nitrogen and oxygen atoms in total. The van der Waals surface area contributed by atoms with Gasteiger partial charge in [-0.05, 0) is 23.8 Å². The van der Waals surface area contributed by atoms with E-state index in [0.717, 1.165) is 48.6 Å². The first-order chi connectivity index (χ1) is 17.0. The molecule has 0 bridgehead atoms. The van der Waals surface area contributed by atoms with Crippen LogP contribution in [0.4, 0.5) is 4.39 Å². The number of aryl methyl sites for hydroxylation is 1. The SMILES string of the molecule is COc1cc2c(cc1OC)C(NC(=O)CN1CCN(Cc3ccccc3F)CC1)c1cnn(C)c1-2. The number of nitrogens with zero attached hydrogens (tertiary/aromatic N) is 4. The highest BCUT2D eigenvalue weighted by atomic mass is 19.1. The highest BCUT2D eigenvalue weighted by molar-refractivity contribution is 5.84. The van der Waals surface area contributed by atoms with E-state index in [2.05, 4.69) is 20.2 Å². The minimum Gasteiger partial charge on any atom is -0.493 e. The second-order valence-corrected chi connectivity index (χ2v) is 9.01. The molecule has 1 N–H and O–H groups in total. The molecule has 1 unspecified atom stereocenters. The van der Waals surface area contributed by atoms with Gasteiger partial charge in [-0.25, -0.2) is 4.39 Å². The zero-order valence-corrected chi connectivity index (χ0v) is 20.3. The van der Waals surface area contributed by atoms with Crippen molar-refractivity contribution in [1.82, 2.24) is 24.9 Å². The number of rotatable bonds is 7. The molecule has 0 saturated carbocycles. The van der Waals surface area contributed by atoms with Gasteiger partial charge in [-0.3, -0.25) is 19.3 Å². The van der Waals surface area contributed by atoms with E-state index in [9.17, 15) is 9.18 Å². The lowest BCUT2D eigenvalue weighted by molar-refractivity contribution is -0.123. The van der Waals surface area contributed by atoms with E-state index in [1.165, 1.54) is 6.07 Å². The van der Waals surface area contributed by atoms with Gasteiger partial charge in [-0.15, -0.1) is 0 Å². The lowest BCUT2D eigenvalue weighted by atomic mass is 10.0. The van der Waals surface area contributed by atoms with Crippen molar-refractivity contribution in [2.45, 2.75) is 12.6 Å². The zero-order valence-electron chi connectivity index (χ0n) is 20.3. The number of amides is 1. The van der Waals surface area contributed by atoms with E-state index < -0.39 is 0 Å². The molecule has 184 valence electrons.